The zero-order valence-corrected chi connectivity index (χ0v) is 12.2. The molecule has 108 valence electrons. The molecule has 1 rings (SSSR count). The molecule has 19 heavy (non-hydrogen) atoms. The Morgan fingerprint density at radius 2 is 2.05 bits per heavy atom. The van der Waals surface area contributed by atoms with Gasteiger partial charge in [0.1, 0.15) is 5.82 Å². The van der Waals surface area contributed by atoms with E-state index in [4.69, 9.17) is 5.73 Å². The molecule has 0 unspecified atom stereocenters. The quantitative estimate of drug-likeness (QED) is 0.765. The maximum Gasteiger partial charge on any atom is 0.240 e. The van der Waals surface area contributed by atoms with Gasteiger partial charge in [0.25, 0.3) is 0 Å². The average molecular weight is 289 g/mol. The van der Waals surface area contributed by atoms with Crippen LogP contribution in [0.1, 0.15) is 12.5 Å². The number of anilines is 1. The van der Waals surface area contributed by atoms with Crippen LogP contribution in [0.25, 0.3) is 0 Å². The summed E-state index contributed by atoms with van der Waals surface area (Å²) in [5.41, 5.74) is 5.49. The number of nitrogens with zero attached hydrogens (tertiary/aromatic N) is 1. The van der Waals surface area contributed by atoms with Crippen LogP contribution in [0.15, 0.2) is 17.0 Å². The van der Waals surface area contributed by atoms with E-state index in [0.29, 0.717) is 13.1 Å². The average Bonchev–Trinajstić information content (AvgIpc) is 2.34. The van der Waals surface area contributed by atoms with Crippen LogP contribution in [0.3, 0.4) is 0 Å². The van der Waals surface area contributed by atoms with Gasteiger partial charge in [-0.15, -0.1) is 0 Å². The summed E-state index contributed by atoms with van der Waals surface area (Å²) in [6, 6.07) is 2.41. The first-order valence-corrected chi connectivity index (χ1v) is 7.50. The first-order valence-electron chi connectivity index (χ1n) is 6.01. The monoisotopic (exact) mass is 289 g/mol. The van der Waals surface area contributed by atoms with Gasteiger partial charge in [-0.2, -0.15) is 0 Å². The van der Waals surface area contributed by atoms with E-state index < -0.39 is 15.8 Å². The van der Waals surface area contributed by atoms with Crippen LogP contribution in [0, 0.1) is 12.7 Å². The summed E-state index contributed by atoms with van der Waals surface area (Å²) >= 11 is 0. The van der Waals surface area contributed by atoms with E-state index in [-0.39, 0.29) is 16.1 Å². The Labute approximate surface area is 113 Å². The van der Waals surface area contributed by atoms with Crippen molar-refractivity contribution in [3.8, 4) is 0 Å². The van der Waals surface area contributed by atoms with Crippen LogP contribution in [0.5, 0.6) is 0 Å². The third-order valence-corrected chi connectivity index (χ3v) is 4.33. The van der Waals surface area contributed by atoms with Crippen LogP contribution in [0.4, 0.5) is 10.1 Å². The lowest BCUT2D eigenvalue weighted by atomic mass is 10.2. The molecule has 5 nitrogen and oxygen atoms in total. The lowest BCUT2D eigenvalue weighted by Gasteiger charge is -2.14. The van der Waals surface area contributed by atoms with Gasteiger partial charge < -0.3 is 10.6 Å². The molecule has 3 N–H and O–H groups in total. The molecule has 0 heterocycles. The van der Waals surface area contributed by atoms with Crippen molar-refractivity contribution in [3.05, 3.63) is 23.5 Å². The highest BCUT2D eigenvalue weighted by Crippen LogP contribution is 2.20. The number of nitrogens with one attached hydrogen (secondary N) is 1. The second kappa shape index (κ2) is 6.31. The van der Waals surface area contributed by atoms with Gasteiger partial charge in [-0.25, -0.2) is 17.5 Å². The number of hydrogen-bond acceptors (Lipinski definition) is 4. The molecule has 1 aromatic rings. The highest BCUT2D eigenvalue weighted by atomic mass is 32.2. The molecule has 1 aromatic carbocycles. The molecule has 0 aromatic heterocycles. The van der Waals surface area contributed by atoms with Crippen LogP contribution >= 0.6 is 0 Å². The van der Waals surface area contributed by atoms with Crippen molar-refractivity contribution in [1.29, 1.82) is 0 Å². The van der Waals surface area contributed by atoms with Gasteiger partial charge in [0.15, 0.2) is 0 Å². The van der Waals surface area contributed by atoms with Gasteiger partial charge in [-0.3, -0.25) is 0 Å². The number of nitrogens with two attached hydrogens (primary N) is 1. The van der Waals surface area contributed by atoms with E-state index >= 15 is 0 Å². The summed E-state index contributed by atoms with van der Waals surface area (Å²) in [6.45, 7) is 5.20. The van der Waals surface area contributed by atoms with Crippen molar-refractivity contribution < 1.29 is 12.8 Å². The molecule has 0 aliphatic heterocycles. The number of sulfonamides is 1. The fraction of sp³-hybridized carbons (Fsp3) is 0.500. The zero-order valence-electron chi connectivity index (χ0n) is 11.4. The number of likely N-dealkylation sites (N-methyl/N-ethyl adjacent to an activating group) is 1. The first kappa shape index (κ1) is 15.9. The molecule has 0 radical (unpaired) electrons. The zero-order chi connectivity index (χ0) is 14.6. The molecule has 0 fully saturated rings. The maximum absolute atomic E-state index is 13.4. The number of halogens is 1. The third kappa shape index (κ3) is 4.15. The normalized spacial score (nSPS) is 12.1. The topological polar surface area (TPSA) is 75.4 Å². The van der Waals surface area contributed by atoms with Gasteiger partial charge in [-0.05, 0) is 38.2 Å². The number of benzene rings is 1. The molecule has 0 atom stereocenters. The minimum absolute atomic E-state index is 0.0111. The van der Waals surface area contributed by atoms with Crippen molar-refractivity contribution in [2.24, 2.45) is 0 Å². The molecule has 0 amide bonds. The van der Waals surface area contributed by atoms with E-state index in [1.54, 1.807) is 0 Å². The molecule has 0 aliphatic rings. The number of hydrogen-bond donors (Lipinski definition) is 2. The summed E-state index contributed by atoms with van der Waals surface area (Å²) in [5.74, 6) is -0.579. The minimum atomic E-state index is -3.65. The van der Waals surface area contributed by atoms with Gasteiger partial charge >= 0.3 is 0 Å². The van der Waals surface area contributed by atoms with Crippen LogP contribution < -0.4 is 10.5 Å². The summed E-state index contributed by atoms with van der Waals surface area (Å²) in [5, 5.41) is 0. The summed E-state index contributed by atoms with van der Waals surface area (Å²) in [7, 11) is -1.75. The van der Waals surface area contributed by atoms with Crippen molar-refractivity contribution in [2.45, 2.75) is 18.7 Å². The Morgan fingerprint density at radius 1 is 1.42 bits per heavy atom. The number of nitrogen functional groups attached to an aromatic ring is 1. The molecule has 0 saturated carbocycles. The molecular weight excluding hydrogens is 269 g/mol. The molecule has 0 aliphatic carbocycles. The summed E-state index contributed by atoms with van der Waals surface area (Å²) in [6.07, 6.45) is 0. The summed E-state index contributed by atoms with van der Waals surface area (Å²) < 4.78 is 39.8. The fourth-order valence-electron chi connectivity index (χ4n) is 1.53. The minimum Gasteiger partial charge on any atom is -0.396 e. The van der Waals surface area contributed by atoms with Gasteiger partial charge in [0, 0.05) is 13.1 Å². The largest absolute Gasteiger partial charge is 0.396 e. The second-order valence-corrected chi connectivity index (χ2v) is 6.20. The van der Waals surface area contributed by atoms with Crippen LogP contribution in [-0.4, -0.2) is 40.0 Å². The second-order valence-electron chi connectivity index (χ2n) is 4.44. The van der Waals surface area contributed by atoms with Crippen LogP contribution in [0.2, 0.25) is 0 Å². The van der Waals surface area contributed by atoms with E-state index in [0.717, 1.165) is 12.6 Å². The number of rotatable bonds is 6. The molecule has 7 heteroatoms. The van der Waals surface area contributed by atoms with Gasteiger partial charge in [0.05, 0.1) is 10.6 Å². The number of aryl methyl sites for hydroxylation is 1. The summed E-state index contributed by atoms with van der Waals surface area (Å²) in [4.78, 5) is 1.97. The van der Waals surface area contributed by atoms with Crippen molar-refractivity contribution in [1.82, 2.24) is 9.62 Å². The van der Waals surface area contributed by atoms with Gasteiger partial charge in [0.2, 0.25) is 10.0 Å². The fourth-order valence-corrected chi connectivity index (χ4v) is 2.67. The lowest BCUT2D eigenvalue weighted by molar-refractivity contribution is 0.358. The van der Waals surface area contributed by atoms with E-state index in [1.807, 2.05) is 18.9 Å². The van der Waals surface area contributed by atoms with Gasteiger partial charge in [-0.1, -0.05) is 6.92 Å². The highest BCUT2D eigenvalue weighted by molar-refractivity contribution is 7.89. The van der Waals surface area contributed by atoms with Crippen molar-refractivity contribution in [3.63, 3.8) is 0 Å². The Bertz CT molecular complexity index is 523. The molecule has 0 bridgehead atoms. The SMILES string of the molecule is CCN(C)CCNS(=O)(=O)c1cc(C)c(F)c(N)c1. The lowest BCUT2D eigenvalue weighted by Crippen LogP contribution is -2.33. The van der Waals surface area contributed by atoms with E-state index in [2.05, 4.69) is 4.72 Å². The Balaban J connectivity index is 2.83. The highest BCUT2D eigenvalue weighted by Gasteiger charge is 2.17. The Morgan fingerprint density at radius 3 is 2.58 bits per heavy atom. The van der Waals surface area contributed by atoms with Crippen LogP contribution in [-0.2, 0) is 10.0 Å². The third-order valence-electron chi connectivity index (χ3n) is 2.89. The molecule has 0 saturated heterocycles. The van der Waals surface area contributed by atoms with Crippen molar-refractivity contribution >= 4 is 15.7 Å². The molecular formula is C12H20FN3O2S. The van der Waals surface area contributed by atoms with E-state index in [9.17, 15) is 12.8 Å². The Kier molecular flexibility index (Phi) is 5.28. The smallest absolute Gasteiger partial charge is 0.240 e. The molecule has 0 spiro atoms. The van der Waals surface area contributed by atoms with E-state index in [1.165, 1.54) is 13.0 Å². The predicted octanol–water partition coefficient (Wildman–Crippen LogP) is 0.946. The van der Waals surface area contributed by atoms with Crippen molar-refractivity contribution in [2.75, 3.05) is 32.4 Å². The first-order chi connectivity index (χ1) is 8.77. The maximum atomic E-state index is 13.4. The Hall–Kier alpha value is -1.18. The predicted molar refractivity (Wildman–Crippen MR) is 73.9 cm³/mol. The standard InChI is InChI=1S/C12H20FN3O2S/c1-4-16(3)6-5-15-19(17,18)10-7-9(2)12(13)11(14)8-10/h7-8,15H,4-6,14H2,1-3H3.